The van der Waals surface area contributed by atoms with Crippen LogP contribution in [0.3, 0.4) is 0 Å². The molecule has 2 unspecified atom stereocenters. The van der Waals surface area contributed by atoms with E-state index in [1.807, 2.05) is 20.8 Å². The summed E-state index contributed by atoms with van der Waals surface area (Å²) >= 11 is 0. The number of carbonyl (C=O) groups is 1. The summed E-state index contributed by atoms with van der Waals surface area (Å²) in [5.41, 5.74) is -0.439. The molecule has 1 saturated heterocycles. The van der Waals surface area contributed by atoms with E-state index < -0.39 is 5.60 Å². The Balaban J connectivity index is 1.91. The second-order valence-electron chi connectivity index (χ2n) is 6.21. The molecule has 0 radical (unpaired) electrons. The quantitative estimate of drug-likeness (QED) is 0.822. The Labute approximate surface area is 103 Å². The SMILES string of the molecule is CC(C)(C)OC(=O)N1CCC1C(CO)C1CC1. The van der Waals surface area contributed by atoms with Gasteiger partial charge in [0.25, 0.3) is 0 Å². The van der Waals surface area contributed by atoms with Crippen LogP contribution in [0.15, 0.2) is 0 Å². The van der Waals surface area contributed by atoms with Crippen LogP contribution in [0.2, 0.25) is 0 Å². The molecule has 1 saturated carbocycles. The average molecular weight is 241 g/mol. The molecular formula is C13H23NO3. The molecule has 0 aromatic carbocycles. The summed E-state index contributed by atoms with van der Waals surface area (Å²) in [6.45, 7) is 6.59. The molecule has 2 rings (SSSR count). The molecule has 0 spiro atoms. The average Bonchev–Trinajstić information content (AvgIpc) is 2.91. The summed E-state index contributed by atoms with van der Waals surface area (Å²) in [5.74, 6) is 0.881. The Kier molecular flexibility index (Phi) is 3.34. The summed E-state index contributed by atoms with van der Waals surface area (Å²) in [6, 6.07) is 0.197. The first kappa shape index (κ1) is 12.7. The molecule has 1 aliphatic heterocycles. The number of hydrogen-bond acceptors (Lipinski definition) is 3. The van der Waals surface area contributed by atoms with Gasteiger partial charge >= 0.3 is 6.09 Å². The van der Waals surface area contributed by atoms with Crippen molar-refractivity contribution in [2.75, 3.05) is 13.2 Å². The van der Waals surface area contributed by atoms with Crippen molar-refractivity contribution in [3.8, 4) is 0 Å². The summed E-state index contributed by atoms with van der Waals surface area (Å²) in [6.07, 6.45) is 3.17. The molecule has 2 fully saturated rings. The van der Waals surface area contributed by atoms with Gasteiger partial charge in [0.15, 0.2) is 0 Å². The van der Waals surface area contributed by atoms with E-state index in [0.29, 0.717) is 5.92 Å². The third-order valence-electron chi connectivity index (χ3n) is 3.63. The van der Waals surface area contributed by atoms with Gasteiger partial charge in [0.2, 0.25) is 0 Å². The predicted molar refractivity (Wildman–Crippen MR) is 64.6 cm³/mol. The smallest absolute Gasteiger partial charge is 0.410 e. The van der Waals surface area contributed by atoms with Crippen LogP contribution in [0.5, 0.6) is 0 Å². The molecule has 2 aliphatic rings. The highest BCUT2D eigenvalue weighted by atomic mass is 16.6. The van der Waals surface area contributed by atoms with Gasteiger partial charge in [-0.25, -0.2) is 4.79 Å². The van der Waals surface area contributed by atoms with Gasteiger partial charge in [-0.05, 0) is 46.0 Å². The van der Waals surface area contributed by atoms with E-state index in [1.54, 1.807) is 4.90 Å². The topological polar surface area (TPSA) is 49.8 Å². The van der Waals surface area contributed by atoms with Crippen molar-refractivity contribution in [3.63, 3.8) is 0 Å². The molecule has 1 aliphatic carbocycles. The lowest BCUT2D eigenvalue weighted by Gasteiger charge is -2.45. The van der Waals surface area contributed by atoms with E-state index in [1.165, 1.54) is 12.8 Å². The first-order valence-electron chi connectivity index (χ1n) is 6.53. The number of nitrogens with zero attached hydrogens (tertiary/aromatic N) is 1. The maximum Gasteiger partial charge on any atom is 0.410 e. The number of aliphatic hydroxyl groups excluding tert-OH is 1. The van der Waals surface area contributed by atoms with Gasteiger partial charge in [0.1, 0.15) is 5.60 Å². The fraction of sp³-hybridized carbons (Fsp3) is 0.923. The van der Waals surface area contributed by atoms with Crippen LogP contribution < -0.4 is 0 Å². The maximum absolute atomic E-state index is 11.9. The minimum atomic E-state index is -0.439. The number of aliphatic hydroxyl groups is 1. The largest absolute Gasteiger partial charge is 0.444 e. The van der Waals surface area contributed by atoms with Crippen LogP contribution in [-0.2, 0) is 4.74 Å². The van der Waals surface area contributed by atoms with Crippen molar-refractivity contribution in [1.29, 1.82) is 0 Å². The third kappa shape index (κ3) is 2.92. The minimum absolute atomic E-state index is 0.189. The zero-order valence-corrected chi connectivity index (χ0v) is 11.0. The highest BCUT2D eigenvalue weighted by molar-refractivity contribution is 5.69. The molecule has 0 bridgehead atoms. The lowest BCUT2D eigenvalue weighted by Crippen LogP contribution is -2.57. The molecule has 98 valence electrons. The fourth-order valence-corrected chi connectivity index (χ4v) is 2.51. The van der Waals surface area contributed by atoms with Gasteiger partial charge in [-0.1, -0.05) is 0 Å². The fourth-order valence-electron chi connectivity index (χ4n) is 2.51. The third-order valence-corrected chi connectivity index (χ3v) is 3.63. The standard InChI is InChI=1S/C13H23NO3/c1-13(2,3)17-12(16)14-7-6-11(14)10(8-15)9-4-5-9/h9-11,15H,4-8H2,1-3H3. The Morgan fingerprint density at radius 1 is 1.41 bits per heavy atom. The zero-order valence-electron chi connectivity index (χ0n) is 11.0. The predicted octanol–water partition coefficient (Wildman–Crippen LogP) is 2.01. The van der Waals surface area contributed by atoms with Crippen LogP contribution in [0.25, 0.3) is 0 Å². The molecular weight excluding hydrogens is 218 g/mol. The van der Waals surface area contributed by atoms with Crippen LogP contribution in [-0.4, -0.2) is 40.9 Å². The molecule has 1 N–H and O–H groups in total. The first-order valence-corrected chi connectivity index (χ1v) is 6.53. The summed E-state index contributed by atoms with van der Waals surface area (Å²) in [7, 11) is 0. The summed E-state index contributed by atoms with van der Waals surface area (Å²) < 4.78 is 5.37. The van der Waals surface area contributed by atoms with Crippen LogP contribution in [0, 0.1) is 11.8 Å². The number of likely N-dealkylation sites (tertiary alicyclic amines) is 1. The Hall–Kier alpha value is -0.770. The monoisotopic (exact) mass is 241 g/mol. The number of ether oxygens (including phenoxy) is 1. The van der Waals surface area contributed by atoms with Gasteiger partial charge in [-0.3, -0.25) is 0 Å². The second kappa shape index (κ2) is 4.48. The van der Waals surface area contributed by atoms with Crippen LogP contribution in [0.1, 0.15) is 40.0 Å². The molecule has 1 heterocycles. The zero-order chi connectivity index (χ0) is 12.6. The first-order chi connectivity index (χ1) is 7.92. The van der Waals surface area contributed by atoms with Crippen LogP contribution in [0.4, 0.5) is 4.79 Å². The number of hydrogen-bond donors (Lipinski definition) is 1. The van der Waals surface area contributed by atoms with Crippen LogP contribution >= 0.6 is 0 Å². The lowest BCUT2D eigenvalue weighted by molar-refractivity contribution is -0.0278. The van der Waals surface area contributed by atoms with Gasteiger partial charge in [-0.15, -0.1) is 0 Å². The van der Waals surface area contributed by atoms with Crippen molar-refractivity contribution in [2.24, 2.45) is 11.8 Å². The number of amides is 1. The van der Waals surface area contributed by atoms with E-state index in [2.05, 4.69) is 0 Å². The Morgan fingerprint density at radius 3 is 2.41 bits per heavy atom. The van der Waals surface area contributed by atoms with Crippen molar-refractivity contribution in [3.05, 3.63) is 0 Å². The van der Waals surface area contributed by atoms with E-state index in [9.17, 15) is 9.90 Å². The van der Waals surface area contributed by atoms with E-state index in [0.717, 1.165) is 13.0 Å². The molecule has 2 atom stereocenters. The van der Waals surface area contributed by atoms with E-state index in [-0.39, 0.29) is 24.7 Å². The summed E-state index contributed by atoms with van der Waals surface area (Å²) in [4.78, 5) is 13.7. The van der Waals surface area contributed by atoms with Gasteiger partial charge < -0.3 is 14.7 Å². The molecule has 1 amide bonds. The van der Waals surface area contributed by atoms with Crippen molar-refractivity contribution >= 4 is 6.09 Å². The molecule has 0 aromatic heterocycles. The lowest BCUT2D eigenvalue weighted by atomic mass is 9.86. The minimum Gasteiger partial charge on any atom is -0.444 e. The van der Waals surface area contributed by atoms with Crippen molar-refractivity contribution in [1.82, 2.24) is 4.90 Å². The normalized spacial score (nSPS) is 26.4. The maximum atomic E-state index is 11.9. The number of rotatable bonds is 3. The highest BCUT2D eigenvalue weighted by Gasteiger charge is 2.45. The Bertz CT molecular complexity index is 294. The second-order valence-corrected chi connectivity index (χ2v) is 6.21. The Morgan fingerprint density at radius 2 is 2.06 bits per heavy atom. The summed E-state index contributed by atoms with van der Waals surface area (Å²) in [5, 5.41) is 9.43. The van der Waals surface area contributed by atoms with Gasteiger partial charge in [0, 0.05) is 25.1 Å². The van der Waals surface area contributed by atoms with Gasteiger partial charge in [-0.2, -0.15) is 0 Å². The van der Waals surface area contributed by atoms with E-state index >= 15 is 0 Å². The van der Waals surface area contributed by atoms with Crippen molar-refractivity contribution in [2.45, 2.75) is 51.7 Å². The van der Waals surface area contributed by atoms with Crippen molar-refractivity contribution < 1.29 is 14.6 Å². The molecule has 0 aromatic rings. The molecule has 4 heteroatoms. The molecule has 4 nitrogen and oxygen atoms in total. The van der Waals surface area contributed by atoms with E-state index in [4.69, 9.17) is 4.74 Å². The molecule has 17 heavy (non-hydrogen) atoms. The highest BCUT2D eigenvalue weighted by Crippen LogP contribution is 2.42. The van der Waals surface area contributed by atoms with Gasteiger partial charge in [0.05, 0.1) is 0 Å². The number of carbonyl (C=O) groups excluding carboxylic acids is 1.